The van der Waals surface area contributed by atoms with Crippen LogP contribution in [0.2, 0.25) is 0 Å². The maximum atomic E-state index is 5.67. The molecule has 6 heteroatoms. The van der Waals surface area contributed by atoms with Gasteiger partial charge in [0.05, 0.1) is 7.11 Å². The van der Waals surface area contributed by atoms with Crippen LogP contribution in [0.25, 0.3) is 0 Å². The van der Waals surface area contributed by atoms with Gasteiger partial charge in [0.2, 0.25) is 0 Å². The van der Waals surface area contributed by atoms with Gasteiger partial charge in [-0.1, -0.05) is 42.5 Å². The Bertz CT molecular complexity index is 817. The highest BCUT2D eigenvalue weighted by Crippen LogP contribution is 2.25. The van der Waals surface area contributed by atoms with Crippen molar-refractivity contribution < 1.29 is 9.47 Å². The summed E-state index contributed by atoms with van der Waals surface area (Å²) in [5.41, 5.74) is 2.47. The molecule has 3 rings (SSSR count). The van der Waals surface area contributed by atoms with E-state index in [9.17, 15) is 0 Å². The minimum Gasteiger partial charge on any atom is -0.497 e. The Morgan fingerprint density at radius 1 is 1.13 bits per heavy atom. The molecule has 1 heterocycles. The summed E-state index contributed by atoms with van der Waals surface area (Å²) in [6.45, 7) is 5.35. The topological polar surface area (TPSA) is 58.1 Å². The molecule has 1 atom stereocenters. The zero-order valence-corrected chi connectivity index (χ0v) is 19.2. The molecule has 31 heavy (non-hydrogen) atoms. The van der Waals surface area contributed by atoms with Crippen molar-refractivity contribution in [2.45, 2.75) is 37.9 Å². The van der Waals surface area contributed by atoms with Crippen molar-refractivity contribution in [1.29, 1.82) is 0 Å². The molecule has 0 bridgehead atoms. The molecule has 1 aliphatic rings. The van der Waals surface area contributed by atoms with Gasteiger partial charge in [-0.2, -0.15) is 0 Å². The molecule has 1 saturated heterocycles. The molecule has 0 aromatic heterocycles. The van der Waals surface area contributed by atoms with E-state index in [-0.39, 0.29) is 11.6 Å². The maximum absolute atomic E-state index is 5.67. The molecule has 0 amide bonds. The number of aliphatic imine (C=N–C) groups is 1. The van der Waals surface area contributed by atoms with Crippen LogP contribution in [0.4, 0.5) is 0 Å². The minimum atomic E-state index is -0.0373. The summed E-state index contributed by atoms with van der Waals surface area (Å²) in [6, 6.07) is 19.0. The fraction of sp³-hybridized carbons (Fsp3) is 0.480. The van der Waals surface area contributed by atoms with E-state index in [1.165, 1.54) is 11.1 Å². The Balaban J connectivity index is 1.63. The molecule has 168 valence electrons. The van der Waals surface area contributed by atoms with Crippen LogP contribution in [0.5, 0.6) is 5.75 Å². The van der Waals surface area contributed by atoms with E-state index in [1.807, 2.05) is 19.2 Å². The average molecular weight is 425 g/mol. The van der Waals surface area contributed by atoms with Gasteiger partial charge >= 0.3 is 0 Å². The van der Waals surface area contributed by atoms with Crippen molar-refractivity contribution in [2.75, 3.05) is 41.0 Å². The fourth-order valence-corrected chi connectivity index (χ4v) is 4.13. The van der Waals surface area contributed by atoms with E-state index in [4.69, 9.17) is 9.47 Å². The highest BCUT2D eigenvalue weighted by Gasteiger charge is 2.34. The van der Waals surface area contributed by atoms with Crippen molar-refractivity contribution in [3.05, 3.63) is 65.7 Å². The minimum absolute atomic E-state index is 0.0373. The third-order valence-electron chi connectivity index (χ3n) is 6.01. The fourth-order valence-electron chi connectivity index (χ4n) is 4.13. The summed E-state index contributed by atoms with van der Waals surface area (Å²) < 4.78 is 10.9. The molecule has 0 radical (unpaired) electrons. The molecule has 2 aromatic carbocycles. The predicted molar refractivity (Wildman–Crippen MR) is 127 cm³/mol. The van der Waals surface area contributed by atoms with E-state index in [0.717, 1.165) is 50.9 Å². The van der Waals surface area contributed by atoms with Crippen molar-refractivity contribution in [2.24, 2.45) is 4.99 Å². The molecule has 1 unspecified atom stereocenters. The Morgan fingerprint density at radius 3 is 2.42 bits per heavy atom. The summed E-state index contributed by atoms with van der Waals surface area (Å²) >= 11 is 0. The number of guanidine groups is 1. The van der Waals surface area contributed by atoms with Crippen molar-refractivity contribution in [3.63, 3.8) is 0 Å². The first-order chi connectivity index (χ1) is 15.0. The number of hydrogen-bond donors (Lipinski definition) is 2. The van der Waals surface area contributed by atoms with E-state index < -0.39 is 0 Å². The molecular weight excluding hydrogens is 388 g/mol. The first kappa shape index (κ1) is 23.1. The Hall–Kier alpha value is -2.57. The second-order valence-electron chi connectivity index (χ2n) is 8.27. The quantitative estimate of drug-likeness (QED) is 0.501. The Kier molecular flexibility index (Phi) is 8.32. The highest BCUT2D eigenvalue weighted by atomic mass is 16.5. The predicted octanol–water partition coefficient (Wildman–Crippen LogP) is 3.60. The number of benzene rings is 2. The van der Waals surface area contributed by atoms with E-state index >= 15 is 0 Å². The van der Waals surface area contributed by atoms with Crippen LogP contribution < -0.4 is 15.4 Å². The maximum Gasteiger partial charge on any atom is 0.193 e. The second kappa shape index (κ2) is 11.2. The lowest BCUT2D eigenvalue weighted by atomic mass is 9.88. The number of ether oxygens (including phenoxy) is 2. The van der Waals surface area contributed by atoms with Crippen molar-refractivity contribution in [1.82, 2.24) is 15.5 Å². The number of rotatable bonds is 8. The van der Waals surface area contributed by atoms with Gasteiger partial charge in [-0.05, 0) is 43.0 Å². The molecule has 2 aromatic rings. The second-order valence-corrected chi connectivity index (χ2v) is 8.27. The van der Waals surface area contributed by atoms with Crippen LogP contribution in [-0.4, -0.2) is 57.4 Å². The monoisotopic (exact) mass is 424 g/mol. The van der Waals surface area contributed by atoms with Crippen LogP contribution in [0.1, 0.15) is 36.9 Å². The van der Waals surface area contributed by atoms with Crippen LogP contribution in [0.3, 0.4) is 0 Å². The van der Waals surface area contributed by atoms with E-state index in [0.29, 0.717) is 0 Å². The normalized spacial score (nSPS) is 17.1. The van der Waals surface area contributed by atoms with Gasteiger partial charge in [-0.3, -0.25) is 4.99 Å². The lowest BCUT2D eigenvalue weighted by molar-refractivity contribution is 0.0353. The van der Waals surface area contributed by atoms with E-state index in [2.05, 4.69) is 77.0 Å². The zero-order chi connectivity index (χ0) is 22.1. The Morgan fingerprint density at radius 2 is 1.81 bits per heavy atom. The zero-order valence-electron chi connectivity index (χ0n) is 19.2. The van der Waals surface area contributed by atoms with Gasteiger partial charge < -0.3 is 25.0 Å². The lowest BCUT2D eigenvalue weighted by Crippen LogP contribution is -2.58. The third kappa shape index (κ3) is 6.45. The van der Waals surface area contributed by atoms with Crippen LogP contribution >= 0.6 is 0 Å². The summed E-state index contributed by atoms with van der Waals surface area (Å²) in [4.78, 5) is 6.67. The molecule has 6 nitrogen and oxygen atoms in total. The first-order valence-corrected chi connectivity index (χ1v) is 11.0. The Labute approximate surface area is 186 Å². The molecule has 0 aliphatic carbocycles. The molecule has 0 spiro atoms. The summed E-state index contributed by atoms with van der Waals surface area (Å²) in [5, 5.41) is 7.51. The summed E-state index contributed by atoms with van der Waals surface area (Å²) in [5.74, 6) is 1.75. The third-order valence-corrected chi connectivity index (χ3v) is 6.01. The summed E-state index contributed by atoms with van der Waals surface area (Å²) in [7, 11) is 5.59. The number of methoxy groups -OCH3 is 1. The van der Waals surface area contributed by atoms with Gasteiger partial charge in [0.15, 0.2) is 5.96 Å². The van der Waals surface area contributed by atoms with Gasteiger partial charge in [-0.15, -0.1) is 0 Å². The van der Waals surface area contributed by atoms with E-state index in [1.54, 1.807) is 7.11 Å². The van der Waals surface area contributed by atoms with Gasteiger partial charge in [-0.25, -0.2) is 0 Å². The van der Waals surface area contributed by atoms with Crippen LogP contribution in [0.15, 0.2) is 59.6 Å². The van der Waals surface area contributed by atoms with Gasteiger partial charge in [0, 0.05) is 52.0 Å². The molecule has 1 fully saturated rings. The first-order valence-electron chi connectivity index (χ1n) is 11.0. The summed E-state index contributed by atoms with van der Waals surface area (Å²) in [6.07, 6.45) is 1.94. The number of nitrogens with one attached hydrogen (secondary N) is 2. The highest BCUT2D eigenvalue weighted by molar-refractivity contribution is 5.79. The smallest absolute Gasteiger partial charge is 0.193 e. The largest absolute Gasteiger partial charge is 0.497 e. The van der Waals surface area contributed by atoms with Crippen molar-refractivity contribution in [3.8, 4) is 5.75 Å². The van der Waals surface area contributed by atoms with Crippen molar-refractivity contribution >= 4 is 5.96 Å². The molecule has 0 saturated carbocycles. The lowest BCUT2D eigenvalue weighted by Gasteiger charge is -2.41. The van der Waals surface area contributed by atoms with Crippen LogP contribution in [0, 0.1) is 0 Å². The van der Waals surface area contributed by atoms with Gasteiger partial charge in [0.25, 0.3) is 0 Å². The van der Waals surface area contributed by atoms with Gasteiger partial charge in [0.1, 0.15) is 5.75 Å². The average Bonchev–Trinajstić information content (AvgIpc) is 2.81. The standard InChI is InChI=1S/C25H36N4O2/c1-20(22-8-6-5-7-9-22)28-25(14-16-31-17-15-25)19-27-24(26-2)29(3)18-21-10-12-23(30-4)13-11-21/h5-13,20,28H,14-19H2,1-4H3,(H,26,27). The SMILES string of the molecule is CN=C(NCC1(NC(C)c2ccccc2)CCOCC1)N(C)Cc1ccc(OC)cc1. The number of nitrogens with zero attached hydrogens (tertiary/aromatic N) is 2. The number of hydrogen-bond acceptors (Lipinski definition) is 4. The molecule has 2 N–H and O–H groups in total. The van der Waals surface area contributed by atoms with Crippen LogP contribution in [-0.2, 0) is 11.3 Å². The molecule has 1 aliphatic heterocycles. The molecular formula is C25H36N4O2.